The fourth-order valence-electron chi connectivity index (χ4n) is 1.47. The van der Waals surface area contributed by atoms with Crippen LogP contribution in [0.1, 0.15) is 17.1 Å². The predicted octanol–water partition coefficient (Wildman–Crippen LogP) is 2.85. The molecule has 16 heavy (non-hydrogen) atoms. The monoisotopic (exact) mass is 255 g/mol. The number of aryl methyl sites for hydroxylation is 1. The van der Waals surface area contributed by atoms with Gasteiger partial charge in [-0.1, -0.05) is 11.6 Å². The molecule has 0 fully saturated rings. The Labute approximate surface area is 104 Å². The summed E-state index contributed by atoms with van der Waals surface area (Å²) in [4.78, 5) is 8.55. The van der Waals surface area contributed by atoms with Gasteiger partial charge in [0.05, 0.1) is 5.02 Å². The van der Waals surface area contributed by atoms with Crippen LogP contribution in [0.3, 0.4) is 0 Å². The van der Waals surface area contributed by atoms with Crippen LogP contribution in [-0.4, -0.2) is 16.5 Å². The zero-order chi connectivity index (χ0) is 11.2. The molecule has 3 nitrogen and oxygen atoms in total. The maximum atomic E-state index is 5.84. The highest BCUT2D eigenvalue weighted by Gasteiger charge is 1.98. The molecular formula is C11H14ClN3S. The van der Waals surface area contributed by atoms with Crippen LogP contribution in [0.15, 0.2) is 23.8 Å². The van der Waals surface area contributed by atoms with Crippen molar-refractivity contribution >= 4 is 22.9 Å². The third-order valence-electron chi connectivity index (χ3n) is 2.24. The number of aromatic nitrogens is 2. The number of halogens is 1. The lowest BCUT2D eigenvalue weighted by molar-refractivity contribution is 0.645. The van der Waals surface area contributed by atoms with Crippen molar-refractivity contribution < 1.29 is 0 Å². The van der Waals surface area contributed by atoms with Crippen molar-refractivity contribution in [2.24, 2.45) is 0 Å². The lowest BCUT2D eigenvalue weighted by Gasteiger charge is -2.01. The van der Waals surface area contributed by atoms with Crippen LogP contribution >= 0.6 is 22.9 Å². The molecule has 0 aliphatic heterocycles. The maximum absolute atomic E-state index is 5.84. The Morgan fingerprint density at radius 2 is 2.44 bits per heavy atom. The number of nitrogens with one attached hydrogen (secondary N) is 2. The van der Waals surface area contributed by atoms with Crippen molar-refractivity contribution in [1.82, 2.24) is 15.3 Å². The van der Waals surface area contributed by atoms with Crippen molar-refractivity contribution in [2.75, 3.05) is 6.54 Å². The third kappa shape index (κ3) is 3.63. The van der Waals surface area contributed by atoms with Crippen LogP contribution in [0.2, 0.25) is 5.02 Å². The first-order valence-corrected chi connectivity index (χ1v) is 6.52. The molecule has 2 aromatic rings. The first kappa shape index (κ1) is 11.6. The summed E-state index contributed by atoms with van der Waals surface area (Å²) in [6, 6.07) is 2.01. The lowest BCUT2D eigenvalue weighted by Crippen LogP contribution is -2.14. The minimum Gasteiger partial charge on any atom is -0.349 e. The van der Waals surface area contributed by atoms with E-state index in [0.29, 0.717) is 0 Å². The lowest BCUT2D eigenvalue weighted by atomic mass is 10.3. The fourth-order valence-corrected chi connectivity index (χ4v) is 2.52. The molecule has 0 spiro atoms. The number of hydrogen-bond donors (Lipinski definition) is 2. The number of rotatable bonds is 6. The minimum absolute atomic E-state index is 0.831. The quantitative estimate of drug-likeness (QED) is 0.780. The van der Waals surface area contributed by atoms with E-state index in [2.05, 4.69) is 15.3 Å². The van der Waals surface area contributed by atoms with Gasteiger partial charge < -0.3 is 10.3 Å². The van der Waals surface area contributed by atoms with E-state index in [1.165, 1.54) is 4.88 Å². The molecule has 0 aliphatic rings. The molecule has 0 unspecified atom stereocenters. The van der Waals surface area contributed by atoms with Crippen LogP contribution in [0.5, 0.6) is 0 Å². The van der Waals surface area contributed by atoms with Gasteiger partial charge in [-0.3, -0.25) is 0 Å². The number of hydrogen-bond acceptors (Lipinski definition) is 3. The van der Waals surface area contributed by atoms with Gasteiger partial charge in [-0.15, -0.1) is 11.3 Å². The molecular weight excluding hydrogens is 242 g/mol. The Kier molecular flexibility index (Phi) is 4.39. The van der Waals surface area contributed by atoms with Gasteiger partial charge >= 0.3 is 0 Å². The maximum Gasteiger partial charge on any atom is 0.106 e. The van der Waals surface area contributed by atoms with Crippen molar-refractivity contribution in [1.29, 1.82) is 0 Å². The van der Waals surface area contributed by atoms with Crippen LogP contribution in [-0.2, 0) is 13.0 Å². The van der Waals surface area contributed by atoms with Crippen molar-refractivity contribution in [3.05, 3.63) is 39.6 Å². The van der Waals surface area contributed by atoms with Gasteiger partial charge in [0.15, 0.2) is 0 Å². The summed E-state index contributed by atoms with van der Waals surface area (Å²) in [6.45, 7) is 1.89. The van der Waals surface area contributed by atoms with Crippen LogP contribution in [0.25, 0.3) is 0 Å². The number of nitrogens with zero attached hydrogens (tertiary/aromatic N) is 1. The van der Waals surface area contributed by atoms with Gasteiger partial charge in [-0.05, 0) is 19.0 Å². The van der Waals surface area contributed by atoms with E-state index in [9.17, 15) is 0 Å². The molecule has 0 saturated carbocycles. The topological polar surface area (TPSA) is 40.7 Å². The van der Waals surface area contributed by atoms with Gasteiger partial charge in [-0.2, -0.15) is 0 Å². The predicted molar refractivity (Wildman–Crippen MR) is 67.9 cm³/mol. The van der Waals surface area contributed by atoms with E-state index in [0.717, 1.165) is 36.8 Å². The molecule has 2 heterocycles. The van der Waals surface area contributed by atoms with E-state index >= 15 is 0 Å². The van der Waals surface area contributed by atoms with Gasteiger partial charge in [0.2, 0.25) is 0 Å². The SMILES string of the molecule is Clc1csc(CNCCCc2ncc[nH]2)c1. The average Bonchev–Trinajstić information content (AvgIpc) is 2.89. The van der Waals surface area contributed by atoms with Crippen LogP contribution in [0.4, 0.5) is 0 Å². The summed E-state index contributed by atoms with van der Waals surface area (Å²) in [7, 11) is 0. The summed E-state index contributed by atoms with van der Waals surface area (Å²) in [6.07, 6.45) is 5.73. The van der Waals surface area contributed by atoms with Crippen molar-refractivity contribution in [3.8, 4) is 0 Å². The van der Waals surface area contributed by atoms with E-state index in [-0.39, 0.29) is 0 Å². The van der Waals surface area contributed by atoms with Gasteiger partial charge in [0.1, 0.15) is 5.82 Å². The average molecular weight is 256 g/mol. The highest BCUT2D eigenvalue weighted by atomic mass is 35.5. The molecule has 2 rings (SSSR count). The van der Waals surface area contributed by atoms with Gasteiger partial charge in [0.25, 0.3) is 0 Å². The fraction of sp³-hybridized carbons (Fsp3) is 0.364. The number of imidazole rings is 1. The second-order valence-corrected chi connectivity index (χ2v) is 4.98. The zero-order valence-corrected chi connectivity index (χ0v) is 10.4. The first-order chi connectivity index (χ1) is 7.84. The molecule has 2 aromatic heterocycles. The summed E-state index contributed by atoms with van der Waals surface area (Å²) in [5.41, 5.74) is 0. The Bertz CT molecular complexity index is 411. The van der Waals surface area contributed by atoms with Crippen LogP contribution in [0, 0.1) is 0 Å². The molecule has 0 bridgehead atoms. The summed E-state index contributed by atoms with van der Waals surface area (Å²) >= 11 is 7.53. The normalized spacial score (nSPS) is 10.8. The van der Waals surface area contributed by atoms with Gasteiger partial charge in [-0.25, -0.2) is 4.98 Å². The Morgan fingerprint density at radius 1 is 1.50 bits per heavy atom. The molecule has 0 radical (unpaired) electrons. The standard InChI is InChI=1S/C11H14ClN3S/c12-9-6-10(16-8-9)7-13-3-1-2-11-14-4-5-15-11/h4-6,8,13H,1-3,7H2,(H,14,15). The Balaban J connectivity index is 1.59. The van der Waals surface area contributed by atoms with E-state index in [1.807, 2.05) is 17.6 Å². The van der Waals surface area contributed by atoms with Crippen LogP contribution < -0.4 is 5.32 Å². The highest BCUT2D eigenvalue weighted by molar-refractivity contribution is 7.10. The first-order valence-electron chi connectivity index (χ1n) is 5.26. The number of thiophene rings is 1. The molecule has 0 aliphatic carbocycles. The second kappa shape index (κ2) is 6.03. The van der Waals surface area contributed by atoms with E-state index in [1.54, 1.807) is 17.5 Å². The largest absolute Gasteiger partial charge is 0.349 e. The zero-order valence-electron chi connectivity index (χ0n) is 8.87. The molecule has 5 heteroatoms. The smallest absolute Gasteiger partial charge is 0.106 e. The van der Waals surface area contributed by atoms with Crippen molar-refractivity contribution in [2.45, 2.75) is 19.4 Å². The second-order valence-electron chi connectivity index (χ2n) is 3.55. The van der Waals surface area contributed by atoms with E-state index < -0.39 is 0 Å². The molecule has 0 atom stereocenters. The van der Waals surface area contributed by atoms with E-state index in [4.69, 9.17) is 11.6 Å². The summed E-state index contributed by atoms with van der Waals surface area (Å²) < 4.78 is 0. The molecule has 0 aromatic carbocycles. The number of aromatic amines is 1. The number of H-pyrrole nitrogens is 1. The Morgan fingerprint density at radius 3 is 3.12 bits per heavy atom. The highest BCUT2D eigenvalue weighted by Crippen LogP contribution is 2.18. The molecule has 86 valence electrons. The third-order valence-corrected chi connectivity index (χ3v) is 3.53. The molecule has 2 N–H and O–H groups in total. The Hall–Kier alpha value is -0.840. The summed E-state index contributed by atoms with van der Waals surface area (Å²) in [5, 5.41) is 6.18. The molecule has 0 saturated heterocycles. The summed E-state index contributed by atoms with van der Waals surface area (Å²) in [5.74, 6) is 1.06. The minimum atomic E-state index is 0.831. The molecule has 0 amide bonds. The van der Waals surface area contributed by atoms with Crippen molar-refractivity contribution in [3.63, 3.8) is 0 Å². The van der Waals surface area contributed by atoms with Gasteiger partial charge in [0, 0.05) is 35.6 Å².